The summed E-state index contributed by atoms with van der Waals surface area (Å²) in [6.45, 7) is 2.55. The van der Waals surface area contributed by atoms with Crippen molar-refractivity contribution in [2.45, 2.75) is 13.1 Å². The van der Waals surface area contributed by atoms with Crippen LogP contribution in [0, 0.1) is 0 Å². The molecule has 0 radical (unpaired) electrons. The Hall–Kier alpha value is -3.89. The van der Waals surface area contributed by atoms with Crippen LogP contribution < -0.4 is 10.5 Å². The molecule has 4 aromatic rings. The summed E-state index contributed by atoms with van der Waals surface area (Å²) in [5, 5.41) is 14.9. The molecule has 0 aliphatic heterocycles. The fourth-order valence-electron chi connectivity index (χ4n) is 3.01. The van der Waals surface area contributed by atoms with Crippen LogP contribution in [0.15, 0.2) is 42.6 Å². The lowest BCUT2D eigenvalue weighted by atomic mass is 10.00. The molecule has 0 atom stereocenters. The lowest BCUT2D eigenvalue weighted by molar-refractivity contribution is -0.192. The van der Waals surface area contributed by atoms with Gasteiger partial charge in [0.2, 0.25) is 5.95 Å². The summed E-state index contributed by atoms with van der Waals surface area (Å²) in [5.74, 6) is -1.72. The number of rotatable bonds is 3. The van der Waals surface area contributed by atoms with E-state index >= 15 is 0 Å². The van der Waals surface area contributed by atoms with Gasteiger partial charge in [-0.3, -0.25) is 0 Å². The maximum atomic E-state index is 10.6. The van der Waals surface area contributed by atoms with Crippen molar-refractivity contribution in [2.75, 3.05) is 12.3 Å². The molecular formula is C20H18F3N5O3. The molecule has 8 nitrogen and oxygen atoms in total. The summed E-state index contributed by atoms with van der Waals surface area (Å²) < 4.78 is 39.3. The summed E-state index contributed by atoms with van der Waals surface area (Å²) in [7, 11) is 1.85. The molecule has 0 saturated heterocycles. The summed E-state index contributed by atoms with van der Waals surface area (Å²) >= 11 is 0. The first-order valence-corrected chi connectivity index (χ1v) is 9.03. The number of nitrogens with zero attached hydrogens (tertiary/aromatic N) is 4. The van der Waals surface area contributed by atoms with Crippen LogP contribution in [-0.4, -0.2) is 43.6 Å². The lowest BCUT2D eigenvalue weighted by Crippen LogP contribution is -2.21. The minimum atomic E-state index is -5.08. The van der Waals surface area contributed by atoms with Crippen LogP contribution in [0.2, 0.25) is 0 Å². The summed E-state index contributed by atoms with van der Waals surface area (Å²) in [6.07, 6.45) is -3.36. The summed E-state index contributed by atoms with van der Waals surface area (Å²) in [6, 6.07) is 12.2. The van der Waals surface area contributed by atoms with E-state index in [-0.39, 0.29) is 5.95 Å². The number of carboxylic acids is 1. The number of benzene rings is 2. The lowest BCUT2D eigenvalue weighted by Gasteiger charge is -2.12. The van der Waals surface area contributed by atoms with Gasteiger partial charge in [-0.25, -0.2) is 14.5 Å². The number of aromatic nitrogens is 4. The van der Waals surface area contributed by atoms with Gasteiger partial charge in [0.25, 0.3) is 0 Å². The zero-order chi connectivity index (χ0) is 22.8. The van der Waals surface area contributed by atoms with Gasteiger partial charge in [0, 0.05) is 13.2 Å². The van der Waals surface area contributed by atoms with E-state index in [1.54, 1.807) is 10.9 Å². The molecule has 0 aliphatic rings. The number of ether oxygens (including phenoxy) is 1. The number of anilines is 1. The molecule has 0 bridgehead atoms. The molecular weight excluding hydrogens is 415 g/mol. The second-order valence-electron chi connectivity index (χ2n) is 6.33. The normalized spacial score (nSPS) is 11.3. The van der Waals surface area contributed by atoms with Crippen LogP contribution in [0.3, 0.4) is 0 Å². The molecule has 0 saturated carbocycles. The molecule has 0 unspecified atom stereocenters. The predicted octanol–water partition coefficient (Wildman–Crippen LogP) is 3.80. The highest BCUT2D eigenvalue weighted by Gasteiger charge is 2.38. The Balaban J connectivity index is 0.000000339. The smallest absolute Gasteiger partial charge is 0.490 e. The van der Waals surface area contributed by atoms with Crippen LogP contribution in [-0.2, 0) is 11.8 Å². The van der Waals surface area contributed by atoms with Gasteiger partial charge in [-0.2, -0.15) is 23.3 Å². The molecule has 0 amide bonds. The second-order valence-corrected chi connectivity index (χ2v) is 6.33. The number of nitrogen functional groups attached to an aromatic ring is 1. The molecule has 0 aliphatic carbocycles. The standard InChI is InChI=1S/C18H17N5O.C2HF3O2/c1-3-24-14-9-8-11-6-4-5-7-12(11)15(14)16-13-10-20-18(19)21-17(13)23(2)22-16;3-2(4,5)1(6)7/h4-10H,3H2,1-2H3,(H2,19,20,21);(H,6,7). The summed E-state index contributed by atoms with van der Waals surface area (Å²) in [5.41, 5.74) is 8.17. The fourth-order valence-corrected chi connectivity index (χ4v) is 3.01. The minimum absolute atomic E-state index is 0.236. The Morgan fingerprint density at radius 3 is 2.52 bits per heavy atom. The molecule has 0 fully saturated rings. The van der Waals surface area contributed by atoms with Crippen molar-refractivity contribution >= 4 is 33.7 Å². The Bertz CT molecular complexity index is 1250. The van der Waals surface area contributed by atoms with Gasteiger partial charge in [0.05, 0.1) is 17.6 Å². The van der Waals surface area contributed by atoms with E-state index in [4.69, 9.17) is 20.4 Å². The third kappa shape index (κ3) is 4.49. The average molecular weight is 433 g/mol. The maximum absolute atomic E-state index is 10.6. The Kier molecular flexibility index (Phi) is 5.95. The number of nitrogens with two attached hydrogens (primary N) is 1. The Morgan fingerprint density at radius 2 is 1.87 bits per heavy atom. The topological polar surface area (TPSA) is 116 Å². The monoisotopic (exact) mass is 433 g/mol. The van der Waals surface area contributed by atoms with Crippen molar-refractivity contribution in [1.82, 2.24) is 19.7 Å². The van der Waals surface area contributed by atoms with Gasteiger partial charge in [-0.15, -0.1) is 0 Å². The Labute approximate surface area is 174 Å². The molecule has 2 heterocycles. The third-order valence-corrected chi connectivity index (χ3v) is 4.27. The third-order valence-electron chi connectivity index (χ3n) is 4.27. The van der Waals surface area contributed by atoms with Gasteiger partial charge < -0.3 is 15.6 Å². The number of hydrogen-bond donors (Lipinski definition) is 2. The van der Waals surface area contributed by atoms with Crippen molar-refractivity contribution in [3.8, 4) is 17.0 Å². The van der Waals surface area contributed by atoms with Crippen molar-refractivity contribution in [3.05, 3.63) is 42.6 Å². The number of fused-ring (bicyclic) bond motifs is 2. The first-order valence-electron chi connectivity index (χ1n) is 9.03. The largest absolute Gasteiger partial charge is 0.493 e. The van der Waals surface area contributed by atoms with Crippen LogP contribution in [0.5, 0.6) is 5.75 Å². The van der Waals surface area contributed by atoms with Gasteiger partial charge in [0.1, 0.15) is 11.4 Å². The molecule has 11 heteroatoms. The van der Waals surface area contributed by atoms with Crippen LogP contribution in [0.4, 0.5) is 19.1 Å². The van der Waals surface area contributed by atoms with E-state index < -0.39 is 12.1 Å². The second kappa shape index (κ2) is 8.46. The fraction of sp³-hybridized carbons (Fsp3) is 0.200. The molecule has 2 aromatic heterocycles. The number of carbonyl (C=O) groups is 1. The number of alkyl halides is 3. The number of halogens is 3. The summed E-state index contributed by atoms with van der Waals surface area (Å²) in [4.78, 5) is 17.3. The van der Waals surface area contributed by atoms with E-state index in [9.17, 15) is 13.2 Å². The zero-order valence-corrected chi connectivity index (χ0v) is 16.5. The molecule has 31 heavy (non-hydrogen) atoms. The molecule has 162 valence electrons. The Morgan fingerprint density at radius 1 is 1.19 bits per heavy atom. The highest BCUT2D eigenvalue weighted by atomic mass is 19.4. The van der Waals surface area contributed by atoms with Crippen LogP contribution >= 0.6 is 0 Å². The molecule has 2 aromatic carbocycles. The first-order chi connectivity index (χ1) is 14.6. The van der Waals surface area contributed by atoms with E-state index in [2.05, 4.69) is 33.3 Å². The van der Waals surface area contributed by atoms with Crippen molar-refractivity contribution in [1.29, 1.82) is 0 Å². The van der Waals surface area contributed by atoms with Gasteiger partial charge in [0.15, 0.2) is 5.65 Å². The SMILES string of the molecule is CCOc1ccc2ccccc2c1-c1nn(C)c2nc(N)ncc12.O=C(O)C(F)(F)F. The minimum Gasteiger partial charge on any atom is -0.493 e. The predicted molar refractivity (Wildman–Crippen MR) is 109 cm³/mol. The zero-order valence-electron chi connectivity index (χ0n) is 16.5. The van der Waals surface area contributed by atoms with Gasteiger partial charge >= 0.3 is 12.1 Å². The average Bonchev–Trinajstić information content (AvgIpc) is 3.03. The van der Waals surface area contributed by atoms with E-state index in [0.29, 0.717) is 12.3 Å². The molecule has 4 rings (SSSR count). The van der Waals surface area contributed by atoms with E-state index in [0.717, 1.165) is 33.2 Å². The van der Waals surface area contributed by atoms with Crippen molar-refractivity contribution in [3.63, 3.8) is 0 Å². The van der Waals surface area contributed by atoms with Crippen molar-refractivity contribution in [2.24, 2.45) is 7.05 Å². The number of hydrogen-bond acceptors (Lipinski definition) is 6. The number of aryl methyl sites for hydroxylation is 1. The number of aliphatic carboxylic acids is 1. The van der Waals surface area contributed by atoms with Crippen LogP contribution in [0.1, 0.15) is 6.92 Å². The van der Waals surface area contributed by atoms with Gasteiger partial charge in [-0.05, 0) is 23.8 Å². The molecule has 0 spiro atoms. The maximum Gasteiger partial charge on any atom is 0.490 e. The highest BCUT2D eigenvalue weighted by molar-refractivity contribution is 6.05. The van der Waals surface area contributed by atoms with E-state index in [1.807, 2.05) is 32.2 Å². The highest BCUT2D eigenvalue weighted by Crippen LogP contribution is 2.39. The quantitative estimate of drug-likeness (QED) is 0.505. The number of carboxylic acid groups (broad SMARTS) is 1. The van der Waals surface area contributed by atoms with Crippen LogP contribution in [0.25, 0.3) is 33.1 Å². The van der Waals surface area contributed by atoms with Crippen molar-refractivity contribution < 1.29 is 27.8 Å². The van der Waals surface area contributed by atoms with Gasteiger partial charge in [-0.1, -0.05) is 30.3 Å². The first kappa shape index (κ1) is 21.8. The van der Waals surface area contributed by atoms with E-state index in [1.165, 1.54) is 0 Å². The molecule has 3 N–H and O–H groups in total.